The summed E-state index contributed by atoms with van der Waals surface area (Å²) in [7, 11) is 1.82. The van der Waals surface area contributed by atoms with E-state index in [0.717, 1.165) is 5.56 Å². The van der Waals surface area contributed by atoms with Crippen molar-refractivity contribution in [2.24, 2.45) is 17.8 Å². The van der Waals surface area contributed by atoms with E-state index in [1.165, 1.54) is 18.2 Å². The monoisotopic (exact) mass is 296 g/mol. The Bertz CT molecular complexity index is 627. The van der Waals surface area contributed by atoms with Gasteiger partial charge in [-0.2, -0.15) is 5.10 Å². The van der Waals surface area contributed by atoms with Crippen molar-refractivity contribution in [3.8, 4) is 5.75 Å². The smallest absolute Gasteiger partial charge is 0.145 e. The number of nitrogens with two attached hydrogens (primary N) is 1. The van der Waals surface area contributed by atoms with Crippen LogP contribution in [0.1, 0.15) is 5.56 Å². The third-order valence-corrected chi connectivity index (χ3v) is 2.75. The number of ether oxygens (including phenoxy) is 1. The van der Waals surface area contributed by atoms with Crippen LogP contribution in [0.4, 0.5) is 10.1 Å². The Hall–Kier alpha value is -2.08. The molecule has 0 atom stereocenters. The quantitative estimate of drug-likeness (QED) is 0.523. The van der Waals surface area contributed by atoms with Crippen LogP contribution < -0.4 is 10.5 Å². The zero-order valence-electron chi connectivity index (χ0n) is 10.9. The molecule has 1 aromatic heterocycles. The Balaban J connectivity index is 2.18. The van der Waals surface area contributed by atoms with Crippen LogP contribution in [0.3, 0.4) is 0 Å². The highest BCUT2D eigenvalue weighted by Crippen LogP contribution is 2.29. The van der Waals surface area contributed by atoms with Crippen LogP contribution in [0.5, 0.6) is 5.75 Å². The molecular formula is C13H14ClFN4O. The van der Waals surface area contributed by atoms with Gasteiger partial charge >= 0.3 is 0 Å². The molecule has 20 heavy (non-hydrogen) atoms. The van der Waals surface area contributed by atoms with Gasteiger partial charge in [0.25, 0.3) is 0 Å². The Morgan fingerprint density at radius 2 is 2.35 bits per heavy atom. The van der Waals surface area contributed by atoms with E-state index in [0.29, 0.717) is 18.0 Å². The van der Waals surface area contributed by atoms with Gasteiger partial charge in [0.1, 0.15) is 29.7 Å². The zero-order valence-corrected chi connectivity index (χ0v) is 11.6. The molecule has 0 aliphatic heterocycles. The van der Waals surface area contributed by atoms with Crippen LogP contribution >= 0.6 is 11.6 Å². The van der Waals surface area contributed by atoms with E-state index in [9.17, 15) is 4.39 Å². The number of hydrogen-bond donors (Lipinski definition) is 1. The van der Waals surface area contributed by atoms with Crippen molar-refractivity contribution < 1.29 is 9.13 Å². The first kappa shape index (κ1) is 14.3. The summed E-state index contributed by atoms with van der Waals surface area (Å²) >= 11 is 5.57. The molecule has 1 aromatic carbocycles. The van der Waals surface area contributed by atoms with Crippen LogP contribution in [0.25, 0.3) is 0 Å². The molecule has 0 spiro atoms. The molecule has 106 valence electrons. The topological polar surface area (TPSA) is 65.4 Å². The van der Waals surface area contributed by atoms with Gasteiger partial charge in [-0.05, 0) is 12.1 Å². The Morgan fingerprint density at radius 1 is 1.55 bits per heavy atom. The summed E-state index contributed by atoms with van der Waals surface area (Å²) < 4.78 is 20.5. The molecule has 0 bridgehead atoms. The number of rotatable bonds is 5. The summed E-state index contributed by atoms with van der Waals surface area (Å²) in [5.74, 6) is 0.283. The minimum atomic E-state index is -0.417. The van der Waals surface area contributed by atoms with Crippen LogP contribution in [-0.2, 0) is 13.7 Å². The normalized spacial score (nSPS) is 11.7. The van der Waals surface area contributed by atoms with Gasteiger partial charge in [-0.25, -0.2) is 9.38 Å². The highest BCUT2D eigenvalue weighted by molar-refractivity contribution is 6.28. The Morgan fingerprint density at radius 3 is 3.00 bits per heavy atom. The third kappa shape index (κ3) is 3.71. The highest BCUT2D eigenvalue weighted by Gasteiger charge is 2.07. The largest absolute Gasteiger partial charge is 0.487 e. The van der Waals surface area contributed by atoms with Crippen molar-refractivity contribution in [2.75, 3.05) is 5.88 Å². The minimum Gasteiger partial charge on any atom is -0.487 e. The Kier molecular flexibility index (Phi) is 4.57. The van der Waals surface area contributed by atoms with Crippen molar-refractivity contribution >= 4 is 23.1 Å². The fraction of sp³-hybridized carbons (Fsp3) is 0.231. The molecule has 0 aliphatic carbocycles. The second-order valence-corrected chi connectivity index (χ2v) is 4.43. The van der Waals surface area contributed by atoms with Gasteiger partial charge in [0.05, 0.1) is 12.1 Å². The average Bonchev–Trinajstić information content (AvgIpc) is 2.83. The molecule has 2 aromatic rings. The molecule has 0 amide bonds. The molecule has 0 unspecified atom stereocenters. The zero-order chi connectivity index (χ0) is 14.5. The molecule has 2 N–H and O–H groups in total. The number of alkyl halides is 1. The number of benzene rings is 1. The number of hydrogen-bond acceptors (Lipinski definition) is 3. The maximum absolute atomic E-state index is 13.3. The van der Waals surface area contributed by atoms with Crippen molar-refractivity contribution in [3.63, 3.8) is 0 Å². The van der Waals surface area contributed by atoms with Crippen molar-refractivity contribution in [1.82, 2.24) is 9.78 Å². The molecule has 5 nitrogen and oxygen atoms in total. The lowest BCUT2D eigenvalue weighted by molar-refractivity contribution is 0.307. The molecule has 1 heterocycles. The average molecular weight is 297 g/mol. The number of amidine groups is 1. The number of aromatic nitrogens is 2. The first-order valence-corrected chi connectivity index (χ1v) is 6.41. The number of nitrogens with zero attached hydrogens (tertiary/aromatic N) is 3. The lowest BCUT2D eigenvalue weighted by Gasteiger charge is -2.08. The lowest BCUT2D eigenvalue weighted by atomic mass is 10.3. The fourth-order valence-corrected chi connectivity index (χ4v) is 1.65. The maximum Gasteiger partial charge on any atom is 0.145 e. The van der Waals surface area contributed by atoms with Crippen molar-refractivity contribution in [3.05, 3.63) is 42.0 Å². The van der Waals surface area contributed by atoms with E-state index in [4.69, 9.17) is 22.1 Å². The van der Waals surface area contributed by atoms with Gasteiger partial charge in [0, 0.05) is 24.9 Å². The van der Waals surface area contributed by atoms with Gasteiger partial charge in [-0.3, -0.25) is 4.68 Å². The first-order valence-electron chi connectivity index (χ1n) is 5.87. The Labute approximate surface area is 120 Å². The molecule has 0 radical (unpaired) electrons. The van der Waals surface area contributed by atoms with E-state index < -0.39 is 5.82 Å². The van der Waals surface area contributed by atoms with E-state index in [1.807, 2.05) is 13.2 Å². The molecule has 2 rings (SSSR count). The van der Waals surface area contributed by atoms with Gasteiger partial charge in [0.2, 0.25) is 0 Å². The predicted octanol–water partition coefficient (Wildman–Crippen LogP) is 2.37. The van der Waals surface area contributed by atoms with E-state index in [2.05, 4.69) is 10.1 Å². The SMILES string of the molecule is Cn1cc(COc2ccc(F)cc2N=C(N)CCl)cn1. The highest BCUT2D eigenvalue weighted by atomic mass is 35.5. The molecule has 0 fully saturated rings. The summed E-state index contributed by atoms with van der Waals surface area (Å²) in [5, 5.41) is 4.04. The summed E-state index contributed by atoms with van der Waals surface area (Å²) in [5.41, 5.74) is 6.77. The standard InChI is InChI=1S/C13H14ClFN4O/c1-19-7-9(6-17-19)8-20-12-3-2-10(15)4-11(12)18-13(16)5-14/h2-4,6-7H,5,8H2,1H3,(H2,16,18). The van der Waals surface area contributed by atoms with Gasteiger partial charge in [-0.1, -0.05) is 0 Å². The minimum absolute atomic E-state index is 0.0680. The fourth-order valence-electron chi connectivity index (χ4n) is 1.59. The van der Waals surface area contributed by atoms with Crippen LogP contribution in [-0.4, -0.2) is 21.5 Å². The first-order chi connectivity index (χ1) is 9.58. The lowest BCUT2D eigenvalue weighted by Crippen LogP contribution is -2.12. The van der Waals surface area contributed by atoms with E-state index >= 15 is 0 Å². The molecule has 7 heteroatoms. The third-order valence-electron chi connectivity index (χ3n) is 2.47. The number of aliphatic imine (C=N–C) groups is 1. The molecule has 0 aliphatic rings. The second-order valence-electron chi connectivity index (χ2n) is 4.16. The molecular weight excluding hydrogens is 283 g/mol. The molecule has 0 saturated heterocycles. The molecule has 0 saturated carbocycles. The van der Waals surface area contributed by atoms with Crippen LogP contribution in [0, 0.1) is 5.82 Å². The summed E-state index contributed by atoms with van der Waals surface area (Å²) in [4.78, 5) is 4.03. The van der Waals surface area contributed by atoms with Crippen LogP contribution in [0.15, 0.2) is 35.6 Å². The second kappa shape index (κ2) is 6.38. The van der Waals surface area contributed by atoms with E-state index in [-0.39, 0.29) is 11.7 Å². The van der Waals surface area contributed by atoms with Crippen molar-refractivity contribution in [2.45, 2.75) is 6.61 Å². The van der Waals surface area contributed by atoms with Crippen LogP contribution in [0.2, 0.25) is 0 Å². The summed E-state index contributed by atoms with van der Waals surface area (Å²) in [6.45, 7) is 0.308. The summed E-state index contributed by atoms with van der Waals surface area (Å²) in [6, 6.07) is 4.05. The van der Waals surface area contributed by atoms with E-state index in [1.54, 1.807) is 10.9 Å². The maximum atomic E-state index is 13.3. The number of aryl methyl sites for hydroxylation is 1. The van der Waals surface area contributed by atoms with Gasteiger partial charge in [0.15, 0.2) is 0 Å². The van der Waals surface area contributed by atoms with Gasteiger partial charge < -0.3 is 10.5 Å². The summed E-state index contributed by atoms with van der Waals surface area (Å²) in [6.07, 6.45) is 3.53. The number of halogens is 2. The van der Waals surface area contributed by atoms with Gasteiger partial charge in [-0.15, -0.1) is 11.6 Å². The van der Waals surface area contributed by atoms with Crippen molar-refractivity contribution in [1.29, 1.82) is 0 Å². The predicted molar refractivity (Wildman–Crippen MR) is 75.9 cm³/mol.